The summed E-state index contributed by atoms with van der Waals surface area (Å²) in [5, 5.41) is 17.7. The summed E-state index contributed by atoms with van der Waals surface area (Å²) < 4.78 is 0. The molecule has 18 heavy (non-hydrogen) atoms. The lowest BCUT2D eigenvalue weighted by Gasteiger charge is -2.24. The normalized spacial score (nSPS) is 12.2. The summed E-state index contributed by atoms with van der Waals surface area (Å²) in [6, 6.07) is 8.87. The summed E-state index contributed by atoms with van der Waals surface area (Å²) in [7, 11) is 0. The van der Waals surface area contributed by atoms with Crippen LogP contribution in [0.25, 0.3) is 0 Å². The molecule has 0 saturated carbocycles. The van der Waals surface area contributed by atoms with E-state index in [1.54, 1.807) is 0 Å². The number of hydrogen-bond acceptors (Lipinski definition) is 4. The molecule has 1 atom stereocenters. The highest BCUT2D eigenvalue weighted by Gasteiger charge is 2.20. The van der Waals surface area contributed by atoms with Crippen molar-refractivity contribution in [2.24, 2.45) is 5.73 Å². The molecule has 1 amide bonds. The molecule has 0 heterocycles. The highest BCUT2D eigenvalue weighted by atomic mass is 16.3. The zero-order valence-corrected chi connectivity index (χ0v) is 10.3. The second-order valence-electron chi connectivity index (χ2n) is 4.07. The standard InChI is InChI=1S/C13H20N2O3/c14-12(10-11-4-2-1-3-5-11)13(18)15(6-8-16)7-9-17/h1-5,12,16-17H,6-10,14H2/t12-/m0/s1. The fraction of sp³-hybridized carbons (Fsp3) is 0.462. The summed E-state index contributed by atoms with van der Waals surface area (Å²) in [6.45, 7) is 0.122. The maximum absolute atomic E-state index is 12.0. The molecule has 0 radical (unpaired) electrons. The molecule has 1 aromatic carbocycles. The van der Waals surface area contributed by atoms with E-state index in [-0.39, 0.29) is 32.2 Å². The average molecular weight is 252 g/mol. The van der Waals surface area contributed by atoms with Gasteiger partial charge in [-0.05, 0) is 12.0 Å². The Morgan fingerprint density at radius 1 is 1.17 bits per heavy atom. The van der Waals surface area contributed by atoms with Gasteiger partial charge in [-0.25, -0.2) is 0 Å². The molecule has 5 nitrogen and oxygen atoms in total. The molecule has 0 aliphatic heterocycles. The predicted octanol–water partition coefficient (Wildman–Crippen LogP) is -0.630. The number of aliphatic hydroxyl groups excluding tert-OH is 2. The van der Waals surface area contributed by atoms with Gasteiger partial charge in [0.1, 0.15) is 0 Å². The second kappa shape index (κ2) is 7.81. The number of aliphatic hydroxyl groups is 2. The molecular weight excluding hydrogens is 232 g/mol. The molecule has 4 N–H and O–H groups in total. The Hall–Kier alpha value is -1.43. The molecule has 0 spiro atoms. The molecule has 0 saturated heterocycles. The van der Waals surface area contributed by atoms with Crippen LogP contribution in [0.4, 0.5) is 0 Å². The van der Waals surface area contributed by atoms with Gasteiger partial charge in [0.25, 0.3) is 0 Å². The molecule has 0 bridgehead atoms. The van der Waals surface area contributed by atoms with Crippen LogP contribution >= 0.6 is 0 Å². The Labute approximate surface area is 107 Å². The number of benzene rings is 1. The maximum atomic E-state index is 12.0. The number of rotatable bonds is 7. The van der Waals surface area contributed by atoms with Gasteiger partial charge in [-0.2, -0.15) is 0 Å². The first-order chi connectivity index (χ1) is 8.69. The van der Waals surface area contributed by atoms with E-state index in [1.807, 2.05) is 30.3 Å². The monoisotopic (exact) mass is 252 g/mol. The van der Waals surface area contributed by atoms with E-state index in [9.17, 15) is 4.79 Å². The van der Waals surface area contributed by atoms with Crippen LogP contribution in [0.5, 0.6) is 0 Å². The third-order valence-electron chi connectivity index (χ3n) is 2.67. The smallest absolute Gasteiger partial charge is 0.239 e. The van der Waals surface area contributed by atoms with Crippen LogP contribution in [0.1, 0.15) is 5.56 Å². The highest BCUT2D eigenvalue weighted by Crippen LogP contribution is 2.04. The molecular formula is C13H20N2O3. The van der Waals surface area contributed by atoms with Gasteiger partial charge in [-0.15, -0.1) is 0 Å². The van der Waals surface area contributed by atoms with Crippen LogP contribution in [0.15, 0.2) is 30.3 Å². The van der Waals surface area contributed by atoms with Crippen molar-refractivity contribution in [2.45, 2.75) is 12.5 Å². The van der Waals surface area contributed by atoms with Crippen LogP contribution in [0, 0.1) is 0 Å². The third-order valence-corrected chi connectivity index (χ3v) is 2.67. The Bertz CT molecular complexity index is 351. The van der Waals surface area contributed by atoms with Crippen LogP contribution < -0.4 is 5.73 Å². The number of hydrogen-bond donors (Lipinski definition) is 3. The quantitative estimate of drug-likeness (QED) is 0.603. The van der Waals surface area contributed by atoms with Crippen molar-refractivity contribution in [3.05, 3.63) is 35.9 Å². The SMILES string of the molecule is N[C@@H](Cc1ccccc1)C(=O)N(CCO)CCO. The lowest BCUT2D eigenvalue weighted by Crippen LogP contribution is -2.47. The van der Waals surface area contributed by atoms with Crippen molar-refractivity contribution < 1.29 is 15.0 Å². The first-order valence-electron chi connectivity index (χ1n) is 5.99. The zero-order valence-electron chi connectivity index (χ0n) is 10.3. The Kier molecular flexibility index (Phi) is 6.35. The summed E-state index contributed by atoms with van der Waals surface area (Å²) >= 11 is 0. The van der Waals surface area contributed by atoms with Gasteiger partial charge in [0, 0.05) is 13.1 Å². The van der Waals surface area contributed by atoms with Crippen LogP contribution in [0.2, 0.25) is 0 Å². The largest absolute Gasteiger partial charge is 0.395 e. The topological polar surface area (TPSA) is 86.8 Å². The molecule has 1 aromatic rings. The highest BCUT2D eigenvalue weighted by molar-refractivity contribution is 5.82. The molecule has 5 heteroatoms. The van der Waals surface area contributed by atoms with E-state index in [1.165, 1.54) is 4.90 Å². The Balaban J connectivity index is 2.58. The van der Waals surface area contributed by atoms with Crippen molar-refractivity contribution in [3.63, 3.8) is 0 Å². The maximum Gasteiger partial charge on any atom is 0.239 e. The van der Waals surface area contributed by atoms with Gasteiger partial charge >= 0.3 is 0 Å². The zero-order chi connectivity index (χ0) is 13.4. The third kappa shape index (κ3) is 4.44. The Morgan fingerprint density at radius 2 is 1.72 bits per heavy atom. The number of nitrogens with two attached hydrogens (primary N) is 1. The summed E-state index contributed by atoms with van der Waals surface area (Å²) in [5.41, 5.74) is 6.85. The minimum Gasteiger partial charge on any atom is -0.395 e. The van der Waals surface area contributed by atoms with Gasteiger partial charge in [0.05, 0.1) is 19.3 Å². The van der Waals surface area contributed by atoms with E-state index >= 15 is 0 Å². The summed E-state index contributed by atoms with van der Waals surface area (Å²) in [5.74, 6) is -0.248. The average Bonchev–Trinajstić information content (AvgIpc) is 2.39. The molecule has 0 aliphatic rings. The van der Waals surface area contributed by atoms with E-state index in [0.29, 0.717) is 6.42 Å². The molecule has 0 aromatic heterocycles. The van der Waals surface area contributed by atoms with E-state index in [0.717, 1.165) is 5.56 Å². The lowest BCUT2D eigenvalue weighted by molar-refractivity contribution is -0.133. The number of carbonyl (C=O) groups is 1. The van der Waals surface area contributed by atoms with Crippen molar-refractivity contribution in [3.8, 4) is 0 Å². The minimum absolute atomic E-state index is 0.135. The van der Waals surface area contributed by atoms with Crippen molar-refractivity contribution in [1.29, 1.82) is 0 Å². The molecule has 0 unspecified atom stereocenters. The van der Waals surface area contributed by atoms with Gasteiger partial charge < -0.3 is 20.8 Å². The van der Waals surface area contributed by atoms with Crippen LogP contribution in [-0.2, 0) is 11.2 Å². The van der Waals surface area contributed by atoms with E-state index in [2.05, 4.69) is 0 Å². The first-order valence-corrected chi connectivity index (χ1v) is 5.99. The van der Waals surface area contributed by atoms with E-state index in [4.69, 9.17) is 15.9 Å². The van der Waals surface area contributed by atoms with Gasteiger partial charge in [-0.3, -0.25) is 4.79 Å². The fourth-order valence-electron chi connectivity index (χ4n) is 1.76. The Morgan fingerprint density at radius 3 is 2.22 bits per heavy atom. The molecule has 0 fully saturated rings. The van der Waals surface area contributed by atoms with E-state index < -0.39 is 6.04 Å². The predicted molar refractivity (Wildman–Crippen MR) is 68.9 cm³/mol. The first kappa shape index (κ1) is 14.6. The fourth-order valence-corrected chi connectivity index (χ4v) is 1.76. The number of nitrogens with zero attached hydrogens (tertiary/aromatic N) is 1. The summed E-state index contributed by atoms with van der Waals surface area (Å²) in [4.78, 5) is 13.4. The van der Waals surface area contributed by atoms with Gasteiger partial charge in [0.15, 0.2) is 0 Å². The molecule has 0 aliphatic carbocycles. The van der Waals surface area contributed by atoms with Crippen LogP contribution in [-0.4, -0.2) is 53.4 Å². The molecule has 1 rings (SSSR count). The van der Waals surface area contributed by atoms with Crippen molar-refractivity contribution >= 4 is 5.91 Å². The summed E-state index contributed by atoms with van der Waals surface area (Å²) in [6.07, 6.45) is 0.451. The van der Waals surface area contributed by atoms with Crippen molar-refractivity contribution in [1.82, 2.24) is 4.90 Å². The van der Waals surface area contributed by atoms with Gasteiger partial charge in [0.2, 0.25) is 5.91 Å². The number of amides is 1. The lowest BCUT2D eigenvalue weighted by atomic mass is 10.1. The number of carbonyl (C=O) groups excluding carboxylic acids is 1. The molecule has 100 valence electrons. The second-order valence-corrected chi connectivity index (χ2v) is 4.07. The minimum atomic E-state index is -0.648. The van der Waals surface area contributed by atoms with Crippen molar-refractivity contribution in [2.75, 3.05) is 26.3 Å². The van der Waals surface area contributed by atoms with Crippen LogP contribution in [0.3, 0.4) is 0 Å². The van der Waals surface area contributed by atoms with Gasteiger partial charge in [-0.1, -0.05) is 30.3 Å².